The van der Waals surface area contributed by atoms with E-state index in [0.717, 1.165) is 31.4 Å². The van der Waals surface area contributed by atoms with Gasteiger partial charge in [0, 0.05) is 19.1 Å². The Hall–Kier alpha value is -1.09. The predicted octanol–water partition coefficient (Wildman–Crippen LogP) is 4.06. The summed E-state index contributed by atoms with van der Waals surface area (Å²) in [5.41, 5.74) is 1.20. The zero-order valence-electron chi connectivity index (χ0n) is 13.1. The van der Waals surface area contributed by atoms with Crippen LogP contribution in [0.5, 0.6) is 0 Å². The van der Waals surface area contributed by atoms with Gasteiger partial charge in [0.05, 0.1) is 5.69 Å². The molecule has 1 aliphatic heterocycles. The largest absolute Gasteiger partial charge is 0.370 e. The molecule has 3 heteroatoms. The van der Waals surface area contributed by atoms with Crippen molar-refractivity contribution < 1.29 is 0 Å². The Morgan fingerprint density at radius 3 is 2.95 bits per heavy atom. The van der Waals surface area contributed by atoms with Crippen molar-refractivity contribution in [1.29, 1.82) is 0 Å². The number of nitrogens with zero attached hydrogens (tertiary/aromatic N) is 2. The minimum Gasteiger partial charge on any atom is -0.370 e. The Morgan fingerprint density at radius 2 is 2.15 bits per heavy atom. The van der Waals surface area contributed by atoms with Gasteiger partial charge in [-0.25, -0.2) is 4.98 Å². The van der Waals surface area contributed by atoms with Gasteiger partial charge in [0.1, 0.15) is 5.82 Å². The van der Waals surface area contributed by atoms with Gasteiger partial charge in [-0.1, -0.05) is 32.8 Å². The first kappa shape index (κ1) is 15.3. The highest BCUT2D eigenvalue weighted by atomic mass is 15.2. The minimum absolute atomic E-state index is 0.742. The highest BCUT2D eigenvalue weighted by Crippen LogP contribution is 2.21. The predicted molar refractivity (Wildman–Crippen MR) is 86.0 cm³/mol. The topological polar surface area (TPSA) is 28.2 Å². The number of rotatable bonds is 6. The molecule has 0 aliphatic carbocycles. The van der Waals surface area contributed by atoms with Crippen LogP contribution < -0.4 is 5.32 Å². The van der Waals surface area contributed by atoms with Crippen LogP contribution in [0.4, 0.5) is 5.82 Å². The lowest BCUT2D eigenvalue weighted by Gasteiger charge is -2.28. The van der Waals surface area contributed by atoms with E-state index < -0.39 is 0 Å². The first-order chi connectivity index (χ1) is 9.83. The lowest BCUT2D eigenvalue weighted by molar-refractivity contribution is 0.184. The average Bonchev–Trinajstić information content (AvgIpc) is 2.70. The summed E-state index contributed by atoms with van der Waals surface area (Å²) in [4.78, 5) is 7.39. The fraction of sp³-hybridized carbons (Fsp3) is 0.706. The van der Waals surface area contributed by atoms with E-state index in [1.807, 2.05) is 0 Å². The van der Waals surface area contributed by atoms with Crippen LogP contribution in [-0.2, 0) is 6.54 Å². The van der Waals surface area contributed by atoms with Crippen molar-refractivity contribution in [3.63, 3.8) is 0 Å². The Labute approximate surface area is 123 Å². The number of pyridine rings is 1. The van der Waals surface area contributed by atoms with E-state index in [9.17, 15) is 0 Å². The molecule has 0 aromatic carbocycles. The molecular formula is C17H29N3. The molecule has 0 saturated carbocycles. The van der Waals surface area contributed by atoms with Gasteiger partial charge < -0.3 is 5.32 Å². The zero-order chi connectivity index (χ0) is 14.2. The van der Waals surface area contributed by atoms with Crippen molar-refractivity contribution >= 4 is 5.82 Å². The highest BCUT2D eigenvalue weighted by Gasteiger charge is 2.19. The van der Waals surface area contributed by atoms with Gasteiger partial charge in [-0.3, -0.25) is 4.90 Å². The van der Waals surface area contributed by atoms with Crippen LogP contribution in [0.15, 0.2) is 18.2 Å². The third-order valence-corrected chi connectivity index (χ3v) is 4.20. The molecule has 112 valence electrons. The third-order valence-electron chi connectivity index (χ3n) is 4.20. The molecule has 3 nitrogen and oxygen atoms in total. The van der Waals surface area contributed by atoms with Crippen molar-refractivity contribution in [2.24, 2.45) is 0 Å². The average molecular weight is 275 g/mol. The molecule has 1 fully saturated rings. The van der Waals surface area contributed by atoms with Gasteiger partial charge in [-0.2, -0.15) is 0 Å². The number of hydrogen-bond donors (Lipinski definition) is 1. The molecule has 1 saturated heterocycles. The Balaban J connectivity index is 1.99. The normalized spacial score (nSPS) is 20.6. The molecule has 1 atom stereocenters. The van der Waals surface area contributed by atoms with Gasteiger partial charge in [0.15, 0.2) is 0 Å². The summed E-state index contributed by atoms with van der Waals surface area (Å²) in [6.45, 7) is 7.72. The lowest BCUT2D eigenvalue weighted by Crippen LogP contribution is -2.34. The van der Waals surface area contributed by atoms with Crippen LogP contribution in [0.1, 0.15) is 58.1 Å². The summed E-state index contributed by atoms with van der Waals surface area (Å²) < 4.78 is 0. The summed E-state index contributed by atoms with van der Waals surface area (Å²) in [5, 5.41) is 3.38. The fourth-order valence-electron chi connectivity index (χ4n) is 3.03. The maximum absolute atomic E-state index is 4.75. The van der Waals surface area contributed by atoms with Gasteiger partial charge in [0.2, 0.25) is 0 Å². The van der Waals surface area contributed by atoms with E-state index in [0.29, 0.717) is 0 Å². The summed E-state index contributed by atoms with van der Waals surface area (Å²) in [7, 11) is 0. The van der Waals surface area contributed by atoms with E-state index in [2.05, 4.69) is 42.3 Å². The summed E-state index contributed by atoms with van der Waals surface area (Å²) >= 11 is 0. The van der Waals surface area contributed by atoms with E-state index >= 15 is 0 Å². The van der Waals surface area contributed by atoms with Crippen molar-refractivity contribution in [1.82, 2.24) is 9.88 Å². The smallest absolute Gasteiger partial charge is 0.126 e. The summed E-state index contributed by atoms with van der Waals surface area (Å²) in [6.07, 6.45) is 7.86. The SMILES string of the molecule is CCCNc1cccc(CN2CCCCCC2CC)n1. The monoisotopic (exact) mass is 275 g/mol. The molecule has 0 radical (unpaired) electrons. The molecule has 1 N–H and O–H groups in total. The number of aromatic nitrogens is 1. The van der Waals surface area contributed by atoms with Gasteiger partial charge in [0.25, 0.3) is 0 Å². The summed E-state index contributed by atoms with van der Waals surface area (Å²) in [5.74, 6) is 1.02. The summed E-state index contributed by atoms with van der Waals surface area (Å²) in [6, 6.07) is 7.10. The Morgan fingerprint density at radius 1 is 1.25 bits per heavy atom. The van der Waals surface area contributed by atoms with Crippen LogP contribution >= 0.6 is 0 Å². The van der Waals surface area contributed by atoms with Gasteiger partial charge in [-0.15, -0.1) is 0 Å². The molecule has 1 aliphatic rings. The van der Waals surface area contributed by atoms with Crippen LogP contribution in [0.3, 0.4) is 0 Å². The second-order valence-corrected chi connectivity index (χ2v) is 5.82. The van der Waals surface area contributed by atoms with Crippen LogP contribution in [0, 0.1) is 0 Å². The molecule has 0 spiro atoms. The first-order valence-electron chi connectivity index (χ1n) is 8.27. The number of anilines is 1. The Bertz CT molecular complexity index is 392. The van der Waals surface area contributed by atoms with E-state index in [4.69, 9.17) is 4.98 Å². The van der Waals surface area contributed by atoms with Crippen molar-refractivity contribution in [3.8, 4) is 0 Å². The Kier molecular flexibility index (Phi) is 6.31. The quantitative estimate of drug-likeness (QED) is 0.848. The number of likely N-dealkylation sites (tertiary alicyclic amines) is 1. The van der Waals surface area contributed by atoms with Crippen LogP contribution in [-0.4, -0.2) is 29.0 Å². The van der Waals surface area contributed by atoms with E-state index in [1.54, 1.807) is 0 Å². The van der Waals surface area contributed by atoms with Crippen molar-refractivity contribution in [3.05, 3.63) is 23.9 Å². The molecule has 2 rings (SSSR count). The second kappa shape index (κ2) is 8.25. The number of hydrogen-bond acceptors (Lipinski definition) is 3. The number of nitrogens with one attached hydrogen (secondary N) is 1. The molecule has 1 aromatic rings. The lowest BCUT2D eigenvalue weighted by atomic mass is 10.1. The van der Waals surface area contributed by atoms with Crippen LogP contribution in [0.2, 0.25) is 0 Å². The fourth-order valence-corrected chi connectivity index (χ4v) is 3.03. The highest BCUT2D eigenvalue weighted by molar-refractivity contribution is 5.35. The molecule has 2 heterocycles. The molecule has 0 amide bonds. The van der Waals surface area contributed by atoms with Crippen molar-refractivity contribution in [2.45, 2.75) is 65.0 Å². The van der Waals surface area contributed by atoms with Crippen molar-refractivity contribution in [2.75, 3.05) is 18.4 Å². The third kappa shape index (κ3) is 4.48. The van der Waals surface area contributed by atoms with E-state index in [-0.39, 0.29) is 0 Å². The van der Waals surface area contributed by atoms with Gasteiger partial charge >= 0.3 is 0 Å². The first-order valence-corrected chi connectivity index (χ1v) is 8.27. The van der Waals surface area contributed by atoms with Gasteiger partial charge in [-0.05, 0) is 44.4 Å². The zero-order valence-corrected chi connectivity index (χ0v) is 13.1. The molecule has 20 heavy (non-hydrogen) atoms. The maximum Gasteiger partial charge on any atom is 0.126 e. The standard InChI is InChI=1S/C17H29N3/c1-3-12-18-17-11-8-9-15(19-17)14-20-13-7-5-6-10-16(20)4-2/h8-9,11,16H,3-7,10,12-14H2,1-2H3,(H,18,19). The second-order valence-electron chi connectivity index (χ2n) is 5.82. The van der Waals surface area contributed by atoms with E-state index in [1.165, 1.54) is 44.3 Å². The molecular weight excluding hydrogens is 246 g/mol. The molecule has 0 bridgehead atoms. The minimum atomic E-state index is 0.742. The molecule has 1 aromatic heterocycles. The van der Waals surface area contributed by atoms with Crippen LogP contribution in [0.25, 0.3) is 0 Å². The maximum atomic E-state index is 4.75. The molecule has 1 unspecified atom stereocenters.